The second kappa shape index (κ2) is 9.93. The summed E-state index contributed by atoms with van der Waals surface area (Å²) in [6.07, 6.45) is 6.76. The van der Waals surface area contributed by atoms with E-state index in [1.54, 1.807) is 7.11 Å². The van der Waals surface area contributed by atoms with Crippen LogP contribution in [0.1, 0.15) is 32.1 Å². The zero-order valence-electron chi connectivity index (χ0n) is 14.4. The van der Waals surface area contributed by atoms with Crippen molar-refractivity contribution in [2.75, 3.05) is 60.5 Å². The highest BCUT2D eigenvalue weighted by molar-refractivity contribution is 14.0. The largest absolute Gasteiger partial charge is 0.383 e. The quantitative estimate of drug-likeness (QED) is 0.294. The Balaban J connectivity index is 0.00000242. The van der Waals surface area contributed by atoms with Crippen molar-refractivity contribution in [3.63, 3.8) is 0 Å². The summed E-state index contributed by atoms with van der Waals surface area (Å²) >= 11 is 0. The third-order valence-corrected chi connectivity index (χ3v) is 5.04. The average Bonchev–Trinajstić information content (AvgIpc) is 2.90. The Bertz CT molecular complexity index is 347. The minimum Gasteiger partial charge on any atom is -0.383 e. The van der Waals surface area contributed by atoms with E-state index < -0.39 is 0 Å². The number of ether oxygens (including phenoxy) is 1. The minimum atomic E-state index is 0. The van der Waals surface area contributed by atoms with E-state index in [-0.39, 0.29) is 24.0 Å². The van der Waals surface area contributed by atoms with Crippen LogP contribution in [0.4, 0.5) is 0 Å². The van der Waals surface area contributed by atoms with Gasteiger partial charge in [-0.05, 0) is 44.7 Å². The van der Waals surface area contributed by atoms with Gasteiger partial charge in [0.05, 0.1) is 6.61 Å². The number of halogens is 1. The number of likely N-dealkylation sites (tertiary alicyclic amines) is 1. The maximum atomic E-state index is 5.09. The Kier molecular flexibility index (Phi) is 9.01. The van der Waals surface area contributed by atoms with E-state index in [0.717, 1.165) is 38.6 Å². The molecule has 1 spiro atoms. The third-order valence-electron chi connectivity index (χ3n) is 5.04. The fourth-order valence-electron chi connectivity index (χ4n) is 3.44. The monoisotopic (exact) mass is 424 g/mol. The standard InChI is InChI=1S/C16H32N4O.HI/c1-17-15(18-9-5-10-19(2)12-13-21-3)20-11-8-16(14-20)6-4-7-16;/h4-14H2,1-3H3,(H,17,18);1H. The lowest BCUT2D eigenvalue weighted by molar-refractivity contribution is 0.151. The van der Waals surface area contributed by atoms with Crippen molar-refractivity contribution in [1.29, 1.82) is 0 Å². The minimum absolute atomic E-state index is 0. The topological polar surface area (TPSA) is 40.1 Å². The van der Waals surface area contributed by atoms with Crippen LogP contribution in [0.2, 0.25) is 0 Å². The second-order valence-corrected chi connectivity index (χ2v) is 6.65. The fourth-order valence-corrected chi connectivity index (χ4v) is 3.44. The van der Waals surface area contributed by atoms with E-state index in [1.165, 1.54) is 38.8 Å². The molecule has 130 valence electrons. The first-order valence-electron chi connectivity index (χ1n) is 8.32. The third kappa shape index (κ3) is 5.53. The normalized spacial score (nSPS) is 20.2. The Morgan fingerprint density at radius 3 is 2.64 bits per heavy atom. The molecule has 0 aromatic heterocycles. The van der Waals surface area contributed by atoms with Gasteiger partial charge in [-0.3, -0.25) is 4.99 Å². The van der Waals surface area contributed by atoms with Crippen molar-refractivity contribution in [1.82, 2.24) is 15.1 Å². The van der Waals surface area contributed by atoms with Crippen LogP contribution in [0.5, 0.6) is 0 Å². The summed E-state index contributed by atoms with van der Waals surface area (Å²) in [5.41, 5.74) is 0.637. The van der Waals surface area contributed by atoms with Crippen LogP contribution in [0, 0.1) is 5.41 Å². The molecule has 0 radical (unpaired) electrons. The van der Waals surface area contributed by atoms with Gasteiger partial charge >= 0.3 is 0 Å². The van der Waals surface area contributed by atoms with Gasteiger partial charge in [0.2, 0.25) is 0 Å². The summed E-state index contributed by atoms with van der Waals surface area (Å²) in [4.78, 5) is 9.22. The van der Waals surface area contributed by atoms with Crippen LogP contribution >= 0.6 is 24.0 Å². The highest BCUT2D eigenvalue weighted by atomic mass is 127. The van der Waals surface area contributed by atoms with Gasteiger partial charge in [0, 0.05) is 40.3 Å². The van der Waals surface area contributed by atoms with Gasteiger partial charge in [-0.2, -0.15) is 0 Å². The van der Waals surface area contributed by atoms with E-state index in [4.69, 9.17) is 4.74 Å². The van der Waals surface area contributed by atoms with E-state index in [0.29, 0.717) is 5.41 Å². The summed E-state index contributed by atoms with van der Waals surface area (Å²) < 4.78 is 5.09. The molecule has 6 heteroatoms. The molecule has 2 rings (SSSR count). The Morgan fingerprint density at radius 1 is 1.32 bits per heavy atom. The van der Waals surface area contributed by atoms with Gasteiger partial charge in [-0.25, -0.2) is 0 Å². The summed E-state index contributed by atoms with van der Waals surface area (Å²) in [5.74, 6) is 1.10. The van der Waals surface area contributed by atoms with E-state index >= 15 is 0 Å². The molecule has 0 bridgehead atoms. The molecule has 1 heterocycles. The Hall–Kier alpha value is -0.0800. The van der Waals surface area contributed by atoms with Crippen LogP contribution in [0.3, 0.4) is 0 Å². The van der Waals surface area contributed by atoms with E-state index in [1.807, 2.05) is 7.05 Å². The first kappa shape index (κ1) is 20.0. The van der Waals surface area contributed by atoms with Gasteiger partial charge in [0.25, 0.3) is 0 Å². The lowest BCUT2D eigenvalue weighted by atomic mass is 9.68. The molecule has 0 aromatic carbocycles. The number of methoxy groups -OCH3 is 1. The molecule has 1 N–H and O–H groups in total. The van der Waals surface area contributed by atoms with Crippen molar-refractivity contribution in [3.05, 3.63) is 0 Å². The molecule has 5 nitrogen and oxygen atoms in total. The number of hydrogen-bond acceptors (Lipinski definition) is 3. The first-order valence-corrected chi connectivity index (χ1v) is 8.32. The van der Waals surface area contributed by atoms with Crippen LogP contribution in [-0.2, 0) is 4.74 Å². The van der Waals surface area contributed by atoms with Crippen molar-refractivity contribution >= 4 is 29.9 Å². The molecule has 0 atom stereocenters. The van der Waals surface area contributed by atoms with Crippen molar-refractivity contribution in [3.8, 4) is 0 Å². The van der Waals surface area contributed by atoms with Gasteiger partial charge in [0.15, 0.2) is 5.96 Å². The molecule has 22 heavy (non-hydrogen) atoms. The van der Waals surface area contributed by atoms with Gasteiger partial charge in [0.1, 0.15) is 0 Å². The second-order valence-electron chi connectivity index (χ2n) is 6.65. The highest BCUT2D eigenvalue weighted by Crippen LogP contribution is 2.47. The SMILES string of the molecule is CN=C(NCCCN(C)CCOC)N1CCC2(CCC2)C1.I. The number of likely N-dealkylation sites (N-methyl/N-ethyl adjacent to an activating group) is 1. The van der Waals surface area contributed by atoms with Crippen LogP contribution in [0.15, 0.2) is 4.99 Å². The summed E-state index contributed by atoms with van der Waals surface area (Å²) in [7, 11) is 5.80. The number of nitrogens with one attached hydrogen (secondary N) is 1. The average molecular weight is 424 g/mol. The molecule has 1 aliphatic carbocycles. The summed E-state index contributed by atoms with van der Waals surface area (Å²) in [5, 5.41) is 3.53. The summed E-state index contributed by atoms with van der Waals surface area (Å²) in [6.45, 7) is 6.28. The molecule has 0 amide bonds. The highest BCUT2D eigenvalue weighted by Gasteiger charge is 2.43. The van der Waals surface area contributed by atoms with Crippen molar-refractivity contribution in [2.24, 2.45) is 10.4 Å². The fraction of sp³-hybridized carbons (Fsp3) is 0.938. The number of guanidine groups is 1. The number of hydrogen-bond donors (Lipinski definition) is 1. The maximum absolute atomic E-state index is 5.09. The number of aliphatic imine (C=N–C) groups is 1. The molecular weight excluding hydrogens is 391 g/mol. The summed E-state index contributed by atoms with van der Waals surface area (Å²) in [6, 6.07) is 0. The lowest BCUT2D eigenvalue weighted by Gasteiger charge is -2.38. The van der Waals surface area contributed by atoms with Gasteiger partial charge in [-0.15, -0.1) is 24.0 Å². The zero-order chi connectivity index (χ0) is 15.1. The van der Waals surface area contributed by atoms with E-state index in [2.05, 4.69) is 27.2 Å². The first-order chi connectivity index (χ1) is 10.2. The molecule has 2 fully saturated rings. The molecule has 1 aliphatic heterocycles. The van der Waals surface area contributed by atoms with Crippen LogP contribution in [-0.4, -0.2) is 76.3 Å². The Labute approximate surface area is 152 Å². The smallest absolute Gasteiger partial charge is 0.193 e. The molecule has 0 unspecified atom stereocenters. The van der Waals surface area contributed by atoms with Crippen molar-refractivity contribution < 1.29 is 4.74 Å². The molecular formula is C16H33IN4O. The lowest BCUT2D eigenvalue weighted by Crippen LogP contribution is -2.43. The van der Waals surface area contributed by atoms with Crippen molar-refractivity contribution in [2.45, 2.75) is 32.1 Å². The van der Waals surface area contributed by atoms with E-state index in [9.17, 15) is 0 Å². The van der Waals surface area contributed by atoms with Gasteiger partial charge < -0.3 is 19.9 Å². The number of nitrogens with zero attached hydrogens (tertiary/aromatic N) is 3. The van der Waals surface area contributed by atoms with Gasteiger partial charge in [-0.1, -0.05) is 6.42 Å². The predicted molar refractivity (Wildman–Crippen MR) is 103 cm³/mol. The van der Waals surface area contributed by atoms with Crippen LogP contribution in [0.25, 0.3) is 0 Å². The van der Waals surface area contributed by atoms with Crippen LogP contribution < -0.4 is 5.32 Å². The molecule has 1 saturated carbocycles. The molecule has 0 aromatic rings. The molecule has 2 aliphatic rings. The predicted octanol–water partition coefficient (Wildman–Crippen LogP) is 2.02. The number of rotatable bonds is 7. The zero-order valence-corrected chi connectivity index (χ0v) is 16.8. The Morgan fingerprint density at radius 2 is 2.09 bits per heavy atom. The maximum Gasteiger partial charge on any atom is 0.193 e. The molecule has 1 saturated heterocycles.